The third-order valence-corrected chi connectivity index (χ3v) is 6.28. The van der Waals surface area contributed by atoms with Gasteiger partial charge in [-0.15, -0.1) is 11.8 Å². The Morgan fingerprint density at radius 2 is 1.96 bits per heavy atom. The molecule has 0 bridgehead atoms. The number of thioether (sulfide) groups is 1. The lowest BCUT2D eigenvalue weighted by atomic mass is 10.3. The molecule has 0 spiro atoms. The smallest absolute Gasteiger partial charge is 0.191 e. The van der Waals surface area contributed by atoms with E-state index in [2.05, 4.69) is 52.8 Å². The quantitative estimate of drug-likeness (QED) is 0.394. The standard InChI is InChI=1S/C20H32N4OS/c1-2-21-19(22-11-6-12-24-13-15-25-16-14-24)23-17-20(9-10-20)26-18-7-4-3-5-8-18/h3-5,7-8H,2,6,9-17H2,1H3,(H2,21,22,23). The average Bonchev–Trinajstić information content (AvgIpc) is 3.44. The van der Waals surface area contributed by atoms with E-state index in [-0.39, 0.29) is 0 Å². The highest BCUT2D eigenvalue weighted by Crippen LogP contribution is 2.51. The van der Waals surface area contributed by atoms with Crippen molar-refractivity contribution in [3.05, 3.63) is 30.3 Å². The molecule has 1 aliphatic heterocycles. The normalized spacial score (nSPS) is 20.0. The topological polar surface area (TPSA) is 48.9 Å². The molecular weight excluding hydrogens is 344 g/mol. The number of benzene rings is 1. The van der Waals surface area contributed by atoms with E-state index < -0.39 is 0 Å². The van der Waals surface area contributed by atoms with Crippen LogP contribution in [0.3, 0.4) is 0 Å². The van der Waals surface area contributed by atoms with Crippen LogP contribution in [0.15, 0.2) is 40.2 Å². The van der Waals surface area contributed by atoms with Gasteiger partial charge in [-0.3, -0.25) is 9.89 Å². The van der Waals surface area contributed by atoms with Gasteiger partial charge in [0.15, 0.2) is 5.96 Å². The number of ether oxygens (including phenoxy) is 1. The summed E-state index contributed by atoms with van der Waals surface area (Å²) >= 11 is 1.98. The number of guanidine groups is 1. The molecule has 1 saturated heterocycles. The van der Waals surface area contributed by atoms with Crippen molar-refractivity contribution in [1.29, 1.82) is 0 Å². The van der Waals surface area contributed by atoms with Gasteiger partial charge in [0, 0.05) is 35.8 Å². The first-order valence-corrected chi connectivity index (χ1v) is 10.7. The van der Waals surface area contributed by atoms with Crippen LogP contribution < -0.4 is 10.6 Å². The molecule has 3 rings (SSSR count). The highest BCUT2D eigenvalue weighted by molar-refractivity contribution is 8.01. The maximum Gasteiger partial charge on any atom is 0.191 e. The number of nitrogens with one attached hydrogen (secondary N) is 2. The monoisotopic (exact) mass is 376 g/mol. The number of rotatable bonds is 9. The third kappa shape index (κ3) is 6.49. The Balaban J connectivity index is 1.41. The predicted octanol–water partition coefficient (Wildman–Crippen LogP) is 2.59. The van der Waals surface area contributed by atoms with Gasteiger partial charge in [-0.1, -0.05) is 18.2 Å². The summed E-state index contributed by atoms with van der Waals surface area (Å²) in [7, 11) is 0. The zero-order chi connectivity index (χ0) is 18.1. The molecule has 6 heteroatoms. The van der Waals surface area contributed by atoms with Crippen LogP contribution in [0.25, 0.3) is 0 Å². The summed E-state index contributed by atoms with van der Waals surface area (Å²) in [5.74, 6) is 0.953. The van der Waals surface area contributed by atoms with E-state index >= 15 is 0 Å². The fraction of sp³-hybridized carbons (Fsp3) is 0.650. The zero-order valence-electron chi connectivity index (χ0n) is 15.9. The van der Waals surface area contributed by atoms with Crippen molar-refractivity contribution in [3.8, 4) is 0 Å². The van der Waals surface area contributed by atoms with Gasteiger partial charge in [0.2, 0.25) is 0 Å². The second-order valence-electron chi connectivity index (χ2n) is 7.03. The van der Waals surface area contributed by atoms with Crippen LogP contribution in [0.4, 0.5) is 0 Å². The van der Waals surface area contributed by atoms with E-state index in [1.807, 2.05) is 11.8 Å². The minimum absolute atomic E-state index is 0.303. The Morgan fingerprint density at radius 3 is 2.65 bits per heavy atom. The van der Waals surface area contributed by atoms with Crippen LogP contribution in [0.1, 0.15) is 26.2 Å². The lowest BCUT2D eigenvalue weighted by Gasteiger charge is -2.26. The minimum atomic E-state index is 0.303. The first-order chi connectivity index (χ1) is 12.8. The van der Waals surface area contributed by atoms with Gasteiger partial charge in [0.1, 0.15) is 0 Å². The molecule has 1 heterocycles. The SMILES string of the molecule is CCNC(=NCC1(Sc2ccccc2)CC1)NCCCN1CCOCC1. The van der Waals surface area contributed by atoms with Gasteiger partial charge in [-0.25, -0.2) is 0 Å². The molecule has 0 radical (unpaired) electrons. The summed E-state index contributed by atoms with van der Waals surface area (Å²) < 4.78 is 5.70. The molecule has 2 fully saturated rings. The average molecular weight is 377 g/mol. The van der Waals surface area contributed by atoms with Crippen LogP contribution >= 0.6 is 11.8 Å². The van der Waals surface area contributed by atoms with E-state index in [1.165, 1.54) is 17.7 Å². The number of aliphatic imine (C=N–C) groups is 1. The van der Waals surface area contributed by atoms with E-state index in [4.69, 9.17) is 9.73 Å². The molecule has 2 N–H and O–H groups in total. The molecule has 0 unspecified atom stereocenters. The van der Waals surface area contributed by atoms with E-state index in [0.717, 1.165) is 64.9 Å². The first kappa shape index (κ1) is 19.5. The first-order valence-electron chi connectivity index (χ1n) is 9.86. The van der Waals surface area contributed by atoms with Crippen molar-refractivity contribution in [2.45, 2.75) is 35.8 Å². The Bertz CT molecular complexity index is 556. The number of hydrogen-bond donors (Lipinski definition) is 2. The van der Waals surface area contributed by atoms with Gasteiger partial charge < -0.3 is 15.4 Å². The van der Waals surface area contributed by atoms with Gasteiger partial charge in [0.05, 0.1) is 19.8 Å². The molecule has 2 aliphatic rings. The molecule has 1 aromatic carbocycles. The summed E-state index contributed by atoms with van der Waals surface area (Å²) in [5, 5.41) is 6.88. The highest BCUT2D eigenvalue weighted by atomic mass is 32.2. The second-order valence-corrected chi connectivity index (χ2v) is 8.57. The summed E-state index contributed by atoms with van der Waals surface area (Å²) in [5.41, 5.74) is 0. The maximum atomic E-state index is 5.40. The second kappa shape index (κ2) is 10.2. The number of morpholine rings is 1. The van der Waals surface area contributed by atoms with Crippen LogP contribution in [-0.2, 0) is 4.74 Å². The molecule has 1 aromatic rings. The summed E-state index contributed by atoms with van der Waals surface area (Å²) in [4.78, 5) is 8.70. The van der Waals surface area contributed by atoms with E-state index in [1.54, 1.807) is 0 Å². The molecule has 0 atom stereocenters. The van der Waals surface area contributed by atoms with Gasteiger partial charge in [0.25, 0.3) is 0 Å². The van der Waals surface area contributed by atoms with Crippen molar-refractivity contribution in [2.75, 3.05) is 52.5 Å². The summed E-state index contributed by atoms with van der Waals surface area (Å²) in [6.07, 6.45) is 3.65. The Labute approximate surface area is 162 Å². The van der Waals surface area contributed by atoms with Crippen molar-refractivity contribution in [2.24, 2.45) is 4.99 Å². The maximum absolute atomic E-state index is 5.40. The molecule has 26 heavy (non-hydrogen) atoms. The fourth-order valence-corrected chi connectivity index (χ4v) is 4.30. The van der Waals surface area contributed by atoms with Gasteiger partial charge >= 0.3 is 0 Å². The summed E-state index contributed by atoms with van der Waals surface area (Å²) in [6.45, 7) is 9.86. The molecule has 5 nitrogen and oxygen atoms in total. The third-order valence-electron chi connectivity index (χ3n) is 4.80. The largest absolute Gasteiger partial charge is 0.379 e. The fourth-order valence-electron chi connectivity index (χ4n) is 3.07. The lowest BCUT2D eigenvalue weighted by molar-refractivity contribution is 0.0376. The molecule has 144 valence electrons. The zero-order valence-corrected chi connectivity index (χ0v) is 16.7. The van der Waals surface area contributed by atoms with Crippen molar-refractivity contribution < 1.29 is 4.74 Å². The Hall–Kier alpha value is -1.24. The van der Waals surface area contributed by atoms with Crippen molar-refractivity contribution >= 4 is 17.7 Å². The number of hydrogen-bond acceptors (Lipinski definition) is 4. The lowest BCUT2D eigenvalue weighted by Crippen LogP contribution is -2.41. The Morgan fingerprint density at radius 1 is 1.19 bits per heavy atom. The molecule has 0 aromatic heterocycles. The summed E-state index contributed by atoms with van der Waals surface area (Å²) in [6, 6.07) is 10.7. The van der Waals surface area contributed by atoms with Crippen LogP contribution in [0, 0.1) is 0 Å². The predicted molar refractivity (Wildman–Crippen MR) is 110 cm³/mol. The van der Waals surface area contributed by atoms with Gasteiger partial charge in [-0.2, -0.15) is 0 Å². The molecule has 1 saturated carbocycles. The van der Waals surface area contributed by atoms with E-state index in [0.29, 0.717) is 4.75 Å². The molecule has 0 amide bonds. The van der Waals surface area contributed by atoms with Crippen LogP contribution in [0.5, 0.6) is 0 Å². The van der Waals surface area contributed by atoms with Crippen molar-refractivity contribution in [3.63, 3.8) is 0 Å². The molecular formula is C20H32N4OS. The van der Waals surface area contributed by atoms with E-state index in [9.17, 15) is 0 Å². The highest BCUT2D eigenvalue weighted by Gasteiger charge is 2.43. The molecule has 1 aliphatic carbocycles. The van der Waals surface area contributed by atoms with Gasteiger partial charge in [-0.05, 0) is 44.9 Å². The van der Waals surface area contributed by atoms with Crippen LogP contribution in [-0.4, -0.2) is 68.1 Å². The van der Waals surface area contributed by atoms with Crippen LogP contribution in [0.2, 0.25) is 0 Å². The van der Waals surface area contributed by atoms with Crippen molar-refractivity contribution in [1.82, 2.24) is 15.5 Å². The Kier molecular flexibility index (Phi) is 7.65. The number of nitrogens with zero attached hydrogens (tertiary/aromatic N) is 2. The minimum Gasteiger partial charge on any atom is -0.379 e.